The lowest BCUT2D eigenvalue weighted by molar-refractivity contribution is 0.0682. The molecule has 7 nitrogen and oxygen atoms in total. The molecule has 2 aromatic heterocycles. The van der Waals surface area contributed by atoms with Gasteiger partial charge in [-0.25, -0.2) is 18.1 Å². The van der Waals surface area contributed by atoms with Crippen molar-refractivity contribution in [2.45, 2.75) is 12.8 Å². The number of carbonyl (C=O) groups is 1. The fraction of sp³-hybridized carbons (Fsp3) is 0.333. The van der Waals surface area contributed by atoms with Crippen molar-refractivity contribution >= 4 is 27.3 Å². The van der Waals surface area contributed by atoms with Gasteiger partial charge in [0, 0.05) is 25.2 Å². The highest BCUT2D eigenvalue weighted by Gasteiger charge is 2.29. The van der Waals surface area contributed by atoms with Crippen molar-refractivity contribution in [3.05, 3.63) is 53.6 Å². The number of piperidine rings is 1. The smallest absolute Gasteiger partial charge is 0.266 e. The minimum atomic E-state index is -3.25. The molecule has 1 unspecified atom stereocenters. The molecule has 1 atom stereocenters. The zero-order valence-electron chi connectivity index (χ0n) is 16.6. The first-order chi connectivity index (χ1) is 14.4. The normalized spacial score (nSPS) is 17.2. The van der Waals surface area contributed by atoms with Crippen LogP contribution in [0, 0.1) is 5.92 Å². The topological polar surface area (TPSA) is 92.5 Å². The van der Waals surface area contributed by atoms with Crippen molar-refractivity contribution < 1.29 is 17.6 Å². The molecule has 0 bridgehead atoms. The Labute approximate surface area is 179 Å². The van der Waals surface area contributed by atoms with Crippen molar-refractivity contribution in [3.63, 3.8) is 0 Å². The average molecular weight is 446 g/mol. The summed E-state index contributed by atoms with van der Waals surface area (Å²) in [6.45, 7) is 1.51. The van der Waals surface area contributed by atoms with Gasteiger partial charge < -0.3 is 9.32 Å². The second kappa shape index (κ2) is 8.71. The van der Waals surface area contributed by atoms with E-state index in [-0.39, 0.29) is 11.8 Å². The quantitative estimate of drug-likeness (QED) is 0.627. The average Bonchev–Trinajstić information content (AvgIpc) is 3.42. The number of likely N-dealkylation sites (tertiary alicyclic amines) is 1. The van der Waals surface area contributed by atoms with Crippen LogP contribution in [0.1, 0.15) is 22.5 Å². The number of carbonyl (C=O) groups excluding carboxylic acids is 1. The van der Waals surface area contributed by atoms with Crippen LogP contribution in [0.2, 0.25) is 0 Å². The highest BCUT2D eigenvalue weighted by molar-refractivity contribution is 7.88. The van der Waals surface area contributed by atoms with Gasteiger partial charge in [-0.2, -0.15) is 0 Å². The largest absolute Gasteiger partial charge is 0.462 e. The zero-order valence-corrected chi connectivity index (χ0v) is 18.2. The molecule has 158 valence electrons. The van der Waals surface area contributed by atoms with Crippen LogP contribution >= 0.6 is 11.3 Å². The summed E-state index contributed by atoms with van der Waals surface area (Å²) in [5, 5.41) is 0.662. The second-order valence-corrected chi connectivity index (χ2v) is 10.3. The van der Waals surface area contributed by atoms with E-state index in [2.05, 4.69) is 4.72 Å². The van der Waals surface area contributed by atoms with E-state index in [0.717, 1.165) is 24.7 Å². The summed E-state index contributed by atoms with van der Waals surface area (Å²) in [6.07, 6.45) is 4.47. The molecule has 1 aromatic carbocycles. The molecule has 3 aromatic rings. The van der Waals surface area contributed by atoms with Crippen LogP contribution in [0.25, 0.3) is 22.0 Å². The number of thiazole rings is 1. The summed E-state index contributed by atoms with van der Waals surface area (Å²) in [5.74, 6) is 0.647. The highest BCUT2D eigenvalue weighted by atomic mass is 32.2. The summed E-state index contributed by atoms with van der Waals surface area (Å²) in [4.78, 5) is 20.5. The SMILES string of the molecule is CS(=O)(=O)NCC1CCCN(C(=O)c2sc(-c3ccco3)nc2-c2ccccc2)C1. The first-order valence-corrected chi connectivity index (χ1v) is 12.5. The number of rotatable bonds is 6. The Morgan fingerprint density at radius 2 is 2.07 bits per heavy atom. The molecule has 0 spiro atoms. The van der Waals surface area contributed by atoms with E-state index < -0.39 is 10.0 Å². The number of amides is 1. The molecule has 0 aliphatic carbocycles. The lowest BCUT2D eigenvalue weighted by atomic mass is 9.98. The summed E-state index contributed by atoms with van der Waals surface area (Å²) < 4.78 is 30.9. The van der Waals surface area contributed by atoms with Crippen LogP contribution < -0.4 is 4.72 Å². The van der Waals surface area contributed by atoms with Gasteiger partial charge in [-0.3, -0.25) is 4.79 Å². The number of aromatic nitrogens is 1. The first-order valence-electron chi connectivity index (χ1n) is 9.75. The lowest BCUT2D eigenvalue weighted by Gasteiger charge is -2.32. The van der Waals surface area contributed by atoms with Gasteiger partial charge in [0.2, 0.25) is 10.0 Å². The van der Waals surface area contributed by atoms with Crippen LogP contribution in [0.15, 0.2) is 53.1 Å². The molecule has 0 saturated carbocycles. The fourth-order valence-corrected chi connectivity index (χ4v) is 5.15. The van der Waals surface area contributed by atoms with Crippen molar-refractivity contribution in [2.24, 2.45) is 5.92 Å². The molecule has 0 radical (unpaired) electrons. The maximum Gasteiger partial charge on any atom is 0.266 e. The minimum Gasteiger partial charge on any atom is -0.462 e. The Balaban J connectivity index is 1.61. The van der Waals surface area contributed by atoms with Crippen LogP contribution in [0.3, 0.4) is 0 Å². The third-order valence-corrected chi connectivity index (χ3v) is 6.79. The highest BCUT2D eigenvalue weighted by Crippen LogP contribution is 2.35. The minimum absolute atomic E-state index is 0.0757. The number of hydrogen-bond donors (Lipinski definition) is 1. The molecule has 1 aliphatic heterocycles. The predicted octanol–water partition coefficient (Wildman–Crippen LogP) is 3.47. The molecular formula is C21H23N3O4S2. The van der Waals surface area contributed by atoms with E-state index in [1.165, 1.54) is 11.3 Å². The molecular weight excluding hydrogens is 422 g/mol. The maximum atomic E-state index is 13.5. The van der Waals surface area contributed by atoms with Gasteiger partial charge in [0.25, 0.3) is 5.91 Å². The summed E-state index contributed by atoms with van der Waals surface area (Å²) in [7, 11) is -3.25. The summed E-state index contributed by atoms with van der Waals surface area (Å²) in [5.41, 5.74) is 1.52. The second-order valence-electron chi connectivity index (χ2n) is 7.42. The van der Waals surface area contributed by atoms with Crippen LogP contribution in [0.5, 0.6) is 0 Å². The lowest BCUT2D eigenvalue weighted by Crippen LogP contribution is -2.43. The Morgan fingerprint density at radius 3 is 2.77 bits per heavy atom. The van der Waals surface area contributed by atoms with Gasteiger partial charge in [-0.1, -0.05) is 30.3 Å². The van der Waals surface area contributed by atoms with Crippen molar-refractivity contribution in [1.82, 2.24) is 14.6 Å². The Kier molecular flexibility index (Phi) is 6.03. The fourth-order valence-electron chi connectivity index (χ4n) is 3.59. The summed E-state index contributed by atoms with van der Waals surface area (Å²) in [6, 6.07) is 13.3. The number of nitrogens with one attached hydrogen (secondary N) is 1. The molecule has 30 heavy (non-hydrogen) atoms. The number of furan rings is 1. The number of sulfonamides is 1. The third-order valence-electron chi connectivity index (χ3n) is 5.04. The summed E-state index contributed by atoms with van der Waals surface area (Å²) >= 11 is 1.33. The molecule has 1 N–H and O–H groups in total. The third kappa shape index (κ3) is 4.80. The van der Waals surface area contributed by atoms with Gasteiger partial charge >= 0.3 is 0 Å². The van der Waals surface area contributed by atoms with E-state index in [9.17, 15) is 13.2 Å². The Hall–Kier alpha value is -2.49. The van der Waals surface area contributed by atoms with E-state index in [1.807, 2.05) is 41.3 Å². The molecule has 1 aliphatic rings. The van der Waals surface area contributed by atoms with Gasteiger partial charge in [0.1, 0.15) is 4.88 Å². The first kappa shape index (κ1) is 20.8. The van der Waals surface area contributed by atoms with Crippen molar-refractivity contribution in [3.8, 4) is 22.0 Å². The van der Waals surface area contributed by atoms with Gasteiger partial charge in [0.15, 0.2) is 10.8 Å². The number of hydrogen-bond acceptors (Lipinski definition) is 6. The molecule has 1 fully saturated rings. The molecule has 9 heteroatoms. The zero-order chi connectivity index (χ0) is 21.1. The van der Waals surface area contributed by atoms with Crippen LogP contribution in [0.4, 0.5) is 0 Å². The standard InChI is InChI=1S/C21H23N3O4S2/c1-30(26,27)22-13-15-7-5-11-24(14-15)21(25)19-18(16-8-3-2-4-9-16)23-20(29-19)17-10-6-12-28-17/h2-4,6,8-10,12,15,22H,5,7,11,13-14H2,1H3. The predicted molar refractivity (Wildman–Crippen MR) is 117 cm³/mol. The van der Waals surface area contributed by atoms with Crippen molar-refractivity contribution in [1.29, 1.82) is 0 Å². The monoisotopic (exact) mass is 445 g/mol. The molecule has 4 rings (SSSR count). The van der Waals surface area contributed by atoms with Crippen LogP contribution in [-0.4, -0.2) is 50.1 Å². The molecule has 3 heterocycles. The van der Waals surface area contributed by atoms with Gasteiger partial charge in [-0.15, -0.1) is 11.3 Å². The van der Waals surface area contributed by atoms with E-state index in [0.29, 0.717) is 41.0 Å². The van der Waals surface area contributed by atoms with E-state index >= 15 is 0 Å². The Bertz CT molecular complexity index is 1110. The maximum absolute atomic E-state index is 13.5. The molecule has 1 saturated heterocycles. The van der Waals surface area contributed by atoms with E-state index in [4.69, 9.17) is 9.40 Å². The number of nitrogens with zero attached hydrogens (tertiary/aromatic N) is 2. The van der Waals surface area contributed by atoms with Gasteiger partial charge in [0.05, 0.1) is 18.2 Å². The molecule has 1 amide bonds. The number of benzene rings is 1. The van der Waals surface area contributed by atoms with Crippen LogP contribution in [-0.2, 0) is 10.0 Å². The Morgan fingerprint density at radius 1 is 1.27 bits per heavy atom. The van der Waals surface area contributed by atoms with Crippen molar-refractivity contribution in [2.75, 3.05) is 25.9 Å². The van der Waals surface area contributed by atoms with Gasteiger partial charge in [-0.05, 0) is 30.9 Å². The van der Waals surface area contributed by atoms with E-state index in [1.54, 1.807) is 12.3 Å².